The minimum absolute atomic E-state index is 0.0000587. The second-order valence-corrected chi connectivity index (χ2v) is 7.24. The van der Waals surface area contributed by atoms with Crippen molar-refractivity contribution < 1.29 is 24.6 Å². The van der Waals surface area contributed by atoms with Crippen LogP contribution in [0.1, 0.15) is 22.3 Å². The zero-order chi connectivity index (χ0) is 23.4. The number of amides is 1. The molecule has 1 amide bonds. The third kappa shape index (κ3) is 5.32. The maximum atomic E-state index is 12.5. The van der Waals surface area contributed by atoms with E-state index in [9.17, 15) is 14.4 Å². The lowest BCUT2D eigenvalue weighted by atomic mass is 10.1. The van der Waals surface area contributed by atoms with E-state index in [1.54, 1.807) is 12.1 Å². The summed E-state index contributed by atoms with van der Waals surface area (Å²) in [6.07, 6.45) is -0.767. The minimum atomic E-state index is -1.59. The monoisotopic (exact) mass is 458 g/mol. The topological polar surface area (TPSA) is 194 Å². The highest BCUT2D eigenvalue weighted by molar-refractivity contribution is 6.34. The number of aliphatic carboxylic acids is 2. The number of halogens is 1. The molecular weight excluding hydrogens is 440 g/mol. The van der Waals surface area contributed by atoms with Gasteiger partial charge in [-0.25, -0.2) is 9.78 Å². The molecule has 1 aromatic heterocycles. The first-order chi connectivity index (χ1) is 15.1. The standard InChI is InChI=1S/C20H19ClN6O5/c21-13-3-2-10(6-11(13)18(30)25-15(19(31)32)7-16(28)29)24-8-9-1-4-14-12(5-9)17(22)27-20(23)26-14/h1-6,15,24H,7-8H2,(H,25,30)(H,28,29)(H,31,32)(H4,22,23,26,27). The van der Waals surface area contributed by atoms with Gasteiger partial charge in [0.25, 0.3) is 5.91 Å². The highest BCUT2D eigenvalue weighted by Crippen LogP contribution is 2.23. The summed E-state index contributed by atoms with van der Waals surface area (Å²) in [6, 6.07) is 8.36. The Morgan fingerprint density at radius 2 is 1.81 bits per heavy atom. The van der Waals surface area contributed by atoms with E-state index < -0.39 is 30.3 Å². The molecule has 0 bridgehead atoms. The number of carboxylic acids is 2. The van der Waals surface area contributed by atoms with E-state index in [1.165, 1.54) is 12.1 Å². The average molecular weight is 459 g/mol. The van der Waals surface area contributed by atoms with Gasteiger partial charge in [0, 0.05) is 17.6 Å². The predicted molar refractivity (Wildman–Crippen MR) is 118 cm³/mol. The Balaban J connectivity index is 1.75. The molecule has 32 heavy (non-hydrogen) atoms. The normalized spacial score (nSPS) is 11.7. The first kappa shape index (κ1) is 22.6. The van der Waals surface area contributed by atoms with Crippen LogP contribution in [0.3, 0.4) is 0 Å². The van der Waals surface area contributed by atoms with E-state index in [0.29, 0.717) is 23.1 Å². The molecule has 1 unspecified atom stereocenters. The van der Waals surface area contributed by atoms with Crippen LogP contribution < -0.4 is 22.1 Å². The minimum Gasteiger partial charge on any atom is -0.481 e. The average Bonchev–Trinajstić information content (AvgIpc) is 2.72. The van der Waals surface area contributed by atoms with E-state index in [1.807, 2.05) is 12.1 Å². The van der Waals surface area contributed by atoms with Crippen molar-refractivity contribution in [2.75, 3.05) is 16.8 Å². The molecule has 1 heterocycles. The Morgan fingerprint density at radius 3 is 2.50 bits per heavy atom. The fourth-order valence-corrected chi connectivity index (χ4v) is 3.16. The van der Waals surface area contributed by atoms with Crippen molar-refractivity contribution in [3.05, 3.63) is 52.5 Å². The van der Waals surface area contributed by atoms with Crippen LogP contribution >= 0.6 is 11.6 Å². The number of aromatic nitrogens is 2. The van der Waals surface area contributed by atoms with Crippen LogP contribution in [0.2, 0.25) is 5.02 Å². The number of nitrogen functional groups attached to an aromatic ring is 2. The van der Waals surface area contributed by atoms with Crippen molar-refractivity contribution in [1.29, 1.82) is 0 Å². The van der Waals surface area contributed by atoms with Gasteiger partial charge in [-0.1, -0.05) is 17.7 Å². The third-order valence-corrected chi connectivity index (χ3v) is 4.83. The highest BCUT2D eigenvalue weighted by Gasteiger charge is 2.24. The van der Waals surface area contributed by atoms with Gasteiger partial charge in [-0.3, -0.25) is 9.59 Å². The first-order valence-electron chi connectivity index (χ1n) is 9.24. The Labute approximate surface area is 186 Å². The number of benzene rings is 2. The van der Waals surface area contributed by atoms with Gasteiger partial charge in [-0.05, 0) is 35.9 Å². The van der Waals surface area contributed by atoms with Gasteiger partial charge in [0.15, 0.2) is 0 Å². The quantitative estimate of drug-likeness (QED) is 0.289. The zero-order valence-corrected chi connectivity index (χ0v) is 17.3. The van der Waals surface area contributed by atoms with Crippen molar-refractivity contribution in [2.24, 2.45) is 0 Å². The summed E-state index contributed by atoms with van der Waals surface area (Å²) in [4.78, 5) is 42.6. The summed E-state index contributed by atoms with van der Waals surface area (Å²) in [5.41, 5.74) is 13.5. The molecule has 2 aromatic carbocycles. The molecule has 0 aliphatic heterocycles. The van der Waals surface area contributed by atoms with E-state index in [-0.39, 0.29) is 22.4 Å². The number of nitrogens with two attached hydrogens (primary N) is 2. The molecular formula is C20H19ClN6O5. The zero-order valence-electron chi connectivity index (χ0n) is 16.5. The lowest BCUT2D eigenvalue weighted by Crippen LogP contribution is -2.42. The van der Waals surface area contributed by atoms with Gasteiger partial charge >= 0.3 is 11.9 Å². The van der Waals surface area contributed by atoms with Gasteiger partial charge in [-0.2, -0.15) is 4.98 Å². The van der Waals surface area contributed by atoms with Crippen molar-refractivity contribution in [1.82, 2.24) is 15.3 Å². The van der Waals surface area contributed by atoms with Gasteiger partial charge < -0.3 is 32.3 Å². The molecule has 0 saturated carbocycles. The molecule has 1 atom stereocenters. The van der Waals surface area contributed by atoms with Crippen LogP contribution in [-0.2, 0) is 16.1 Å². The Bertz CT molecular complexity index is 1220. The maximum Gasteiger partial charge on any atom is 0.326 e. The van der Waals surface area contributed by atoms with Crippen LogP contribution in [-0.4, -0.2) is 44.1 Å². The van der Waals surface area contributed by atoms with Crippen LogP contribution in [0.15, 0.2) is 36.4 Å². The van der Waals surface area contributed by atoms with E-state index in [2.05, 4.69) is 20.6 Å². The fourth-order valence-electron chi connectivity index (χ4n) is 2.95. The van der Waals surface area contributed by atoms with Gasteiger partial charge in [0.05, 0.1) is 22.5 Å². The van der Waals surface area contributed by atoms with Crippen molar-refractivity contribution in [3.63, 3.8) is 0 Å². The Hall–Kier alpha value is -4.12. The molecule has 3 rings (SSSR count). The SMILES string of the molecule is Nc1nc(N)c2cc(CNc3ccc(Cl)c(C(=O)NC(CC(=O)O)C(=O)O)c3)ccc2n1. The number of carbonyl (C=O) groups excluding carboxylic acids is 1. The van der Waals surface area contributed by atoms with Gasteiger partial charge in [-0.15, -0.1) is 0 Å². The van der Waals surface area contributed by atoms with Gasteiger partial charge in [0.2, 0.25) is 5.95 Å². The Kier molecular flexibility index (Phi) is 6.59. The number of carboxylic acid groups (broad SMARTS) is 2. The van der Waals surface area contributed by atoms with Crippen LogP contribution in [0.4, 0.5) is 17.5 Å². The first-order valence-corrected chi connectivity index (χ1v) is 9.62. The number of anilines is 3. The van der Waals surface area contributed by atoms with E-state index in [4.69, 9.17) is 33.3 Å². The molecule has 12 heteroatoms. The molecule has 0 fully saturated rings. The third-order valence-electron chi connectivity index (χ3n) is 4.50. The smallest absolute Gasteiger partial charge is 0.326 e. The summed E-state index contributed by atoms with van der Waals surface area (Å²) in [7, 11) is 0. The number of fused-ring (bicyclic) bond motifs is 1. The molecule has 0 saturated heterocycles. The molecule has 11 nitrogen and oxygen atoms in total. The number of carbonyl (C=O) groups is 3. The summed E-state index contributed by atoms with van der Waals surface area (Å²) >= 11 is 6.08. The van der Waals surface area contributed by atoms with Crippen LogP contribution in [0.25, 0.3) is 10.9 Å². The highest BCUT2D eigenvalue weighted by atomic mass is 35.5. The molecule has 166 valence electrons. The van der Waals surface area contributed by atoms with E-state index >= 15 is 0 Å². The number of hydrogen-bond acceptors (Lipinski definition) is 8. The number of nitrogens with one attached hydrogen (secondary N) is 2. The molecule has 0 aliphatic rings. The van der Waals surface area contributed by atoms with Gasteiger partial charge in [0.1, 0.15) is 11.9 Å². The maximum absolute atomic E-state index is 12.5. The molecule has 3 aromatic rings. The number of rotatable bonds is 8. The number of nitrogens with zero attached hydrogens (tertiary/aromatic N) is 2. The Morgan fingerprint density at radius 1 is 1.06 bits per heavy atom. The van der Waals surface area contributed by atoms with E-state index in [0.717, 1.165) is 5.56 Å². The lowest BCUT2D eigenvalue weighted by molar-refractivity contribution is -0.145. The van der Waals surface area contributed by atoms with Crippen LogP contribution in [0.5, 0.6) is 0 Å². The summed E-state index contributed by atoms with van der Waals surface area (Å²) < 4.78 is 0. The molecule has 0 spiro atoms. The fraction of sp³-hybridized carbons (Fsp3) is 0.150. The predicted octanol–water partition coefficient (Wildman–Crippen LogP) is 1.72. The lowest BCUT2D eigenvalue weighted by Gasteiger charge is -2.14. The largest absolute Gasteiger partial charge is 0.481 e. The van der Waals surface area contributed by atoms with Crippen LogP contribution in [0, 0.1) is 0 Å². The van der Waals surface area contributed by atoms with Crippen molar-refractivity contribution in [3.8, 4) is 0 Å². The van der Waals surface area contributed by atoms with Crippen molar-refractivity contribution in [2.45, 2.75) is 19.0 Å². The molecule has 0 aliphatic carbocycles. The molecule has 0 radical (unpaired) electrons. The summed E-state index contributed by atoms with van der Waals surface area (Å²) in [5, 5.41) is 24.0. The second kappa shape index (κ2) is 9.35. The number of hydrogen-bond donors (Lipinski definition) is 6. The second-order valence-electron chi connectivity index (χ2n) is 6.83. The summed E-state index contributed by atoms with van der Waals surface area (Å²) in [5.74, 6) is -3.29. The molecule has 8 N–H and O–H groups in total. The summed E-state index contributed by atoms with van der Waals surface area (Å²) in [6.45, 7) is 0.360. The van der Waals surface area contributed by atoms with Crippen molar-refractivity contribution >= 4 is 57.8 Å².